The van der Waals surface area contributed by atoms with Crippen LogP contribution in [0.3, 0.4) is 0 Å². The summed E-state index contributed by atoms with van der Waals surface area (Å²) in [5, 5.41) is 10.8. The first-order valence-electron chi connectivity index (χ1n) is 11.9. The third-order valence-corrected chi connectivity index (χ3v) is 6.38. The fraction of sp³-hybridized carbons (Fsp3) is 0.393. The average Bonchev–Trinajstić information content (AvgIpc) is 3.67. The van der Waals surface area contributed by atoms with Crippen LogP contribution in [0.4, 0.5) is 11.4 Å². The molecule has 1 aliphatic heterocycles. The van der Waals surface area contributed by atoms with E-state index in [1.165, 1.54) is 20.0 Å². The number of rotatable bonds is 4. The fourth-order valence-corrected chi connectivity index (χ4v) is 4.20. The van der Waals surface area contributed by atoms with Gasteiger partial charge >= 0.3 is 5.97 Å². The highest BCUT2D eigenvalue weighted by atomic mass is 16.5. The number of benzene rings is 2. The summed E-state index contributed by atoms with van der Waals surface area (Å²) in [7, 11) is 8.19. The van der Waals surface area contributed by atoms with Gasteiger partial charge in [-0.05, 0) is 49.2 Å². The van der Waals surface area contributed by atoms with Gasteiger partial charge in [-0.1, -0.05) is 7.43 Å². The number of aryl methyl sites for hydroxylation is 2. The van der Waals surface area contributed by atoms with E-state index in [1.807, 2.05) is 35.9 Å². The number of methoxy groups -OCH3 is 3. The quantitative estimate of drug-likeness (QED) is 0.264. The minimum atomic E-state index is -0.387. The summed E-state index contributed by atoms with van der Waals surface area (Å²) < 4.78 is 23.6. The Morgan fingerprint density at radius 3 is 1.82 bits per heavy atom. The third kappa shape index (κ3) is 6.15. The predicted octanol–water partition coefficient (Wildman–Crippen LogP) is 4.25. The summed E-state index contributed by atoms with van der Waals surface area (Å²) in [6, 6.07) is 11.0. The molecule has 3 heterocycles. The molecule has 2 aromatic carbocycles. The van der Waals surface area contributed by atoms with E-state index in [4.69, 9.17) is 35.5 Å². The molecule has 0 bridgehead atoms. The summed E-state index contributed by atoms with van der Waals surface area (Å²) in [5.74, 6) is 0.874. The molecule has 1 fully saturated rings. The Bertz CT molecular complexity index is 1360. The first-order chi connectivity index (χ1) is 17.8. The van der Waals surface area contributed by atoms with Gasteiger partial charge in [0, 0.05) is 43.8 Å². The number of hydrogen-bond acceptors (Lipinski definition) is 8. The van der Waals surface area contributed by atoms with Crippen molar-refractivity contribution in [2.75, 3.05) is 46.0 Å². The first-order valence-corrected chi connectivity index (χ1v) is 11.9. The maximum atomic E-state index is 11.6. The number of hydrogen-bond donors (Lipinski definition) is 3. The number of nitrogens with two attached hydrogens (primary N) is 2. The highest BCUT2D eigenvalue weighted by molar-refractivity contribution is 6.01. The van der Waals surface area contributed by atoms with Crippen molar-refractivity contribution >= 4 is 39.1 Å². The Morgan fingerprint density at radius 2 is 1.39 bits per heavy atom. The number of esters is 1. The highest BCUT2D eigenvalue weighted by Gasteiger charge is 2.16. The number of aliphatic hydroxyl groups excluding tert-OH is 1. The molecule has 0 radical (unpaired) electrons. The smallest absolute Gasteiger partial charge is 0.354 e. The SMILES string of the molecule is C.C1CCOC1.COC(=O)c1cc2c(N)c(OC)ccc2n1C.COc1ccc2c(cc(CO)n2C)c1N. The van der Waals surface area contributed by atoms with Gasteiger partial charge in [-0.3, -0.25) is 0 Å². The summed E-state index contributed by atoms with van der Waals surface area (Å²) in [4.78, 5) is 11.6. The summed E-state index contributed by atoms with van der Waals surface area (Å²) in [5.41, 5.74) is 16.2. The molecule has 1 aliphatic rings. The van der Waals surface area contributed by atoms with E-state index in [0.29, 0.717) is 28.6 Å². The molecule has 0 saturated carbocycles. The molecule has 0 unspecified atom stereocenters. The van der Waals surface area contributed by atoms with Crippen LogP contribution in [-0.4, -0.2) is 54.8 Å². The maximum absolute atomic E-state index is 11.6. The van der Waals surface area contributed by atoms with E-state index in [9.17, 15) is 4.79 Å². The van der Waals surface area contributed by atoms with Crippen molar-refractivity contribution in [3.05, 3.63) is 47.8 Å². The van der Waals surface area contributed by atoms with Gasteiger partial charge in [0.25, 0.3) is 0 Å². The van der Waals surface area contributed by atoms with Crippen molar-refractivity contribution in [2.24, 2.45) is 14.1 Å². The molecular formula is C28H40N4O6. The average molecular weight is 529 g/mol. The van der Waals surface area contributed by atoms with Crippen LogP contribution in [0.5, 0.6) is 11.5 Å². The number of carbonyl (C=O) groups is 1. The lowest BCUT2D eigenvalue weighted by Crippen LogP contribution is -2.06. The van der Waals surface area contributed by atoms with Gasteiger partial charge in [-0.2, -0.15) is 0 Å². The zero-order valence-corrected chi connectivity index (χ0v) is 22.0. The Kier molecular flexibility index (Phi) is 10.9. The number of anilines is 2. The predicted molar refractivity (Wildman–Crippen MR) is 152 cm³/mol. The molecule has 38 heavy (non-hydrogen) atoms. The van der Waals surface area contributed by atoms with Crippen molar-refractivity contribution in [1.82, 2.24) is 9.13 Å². The minimum Gasteiger partial charge on any atom is -0.495 e. The summed E-state index contributed by atoms with van der Waals surface area (Å²) >= 11 is 0. The van der Waals surface area contributed by atoms with E-state index in [0.717, 1.165) is 40.7 Å². The minimum absolute atomic E-state index is 0. The Labute approximate surface area is 223 Å². The number of nitrogens with zero attached hydrogens (tertiary/aromatic N) is 2. The second-order valence-corrected chi connectivity index (χ2v) is 8.48. The molecule has 0 amide bonds. The van der Waals surface area contributed by atoms with Crippen molar-refractivity contribution in [3.63, 3.8) is 0 Å². The van der Waals surface area contributed by atoms with Crippen LogP contribution < -0.4 is 20.9 Å². The lowest BCUT2D eigenvalue weighted by atomic mass is 10.2. The van der Waals surface area contributed by atoms with Gasteiger partial charge in [0.1, 0.15) is 17.2 Å². The molecule has 0 aliphatic carbocycles. The molecule has 2 aromatic heterocycles. The number of aromatic nitrogens is 2. The molecule has 208 valence electrons. The molecule has 10 heteroatoms. The number of carbonyl (C=O) groups excluding carboxylic acids is 1. The lowest BCUT2D eigenvalue weighted by molar-refractivity contribution is 0.0590. The van der Waals surface area contributed by atoms with Crippen LogP contribution >= 0.6 is 0 Å². The van der Waals surface area contributed by atoms with Crippen LogP contribution in [0.15, 0.2) is 36.4 Å². The van der Waals surface area contributed by atoms with Crippen LogP contribution in [0, 0.1) is 0 Å². The second-order valence-electron chi connectivity index (χ2n) is 8.48. The van der Waals surface area contributed by atoms with Crippen LogP contribution in [-0.2, 0) is 30.2 Å². The van der Waals surface area contributed by atoms with E-state index in [1.54, 1.807) is 38.0 Å². The maximum Gasteiger partial charge on any atom is 0.354 e. The second kappa shape index (κ2) is 13.6. The van der Waals surface area contributed by atoms with Gasteiger partial charge in [-0.25, -0.2) is 4.79 Å². The standard InChI is InChI=1S/C12H14N2O3.C11H14N2O2.C4H8O.CH4/c1-14-8-4-5-10(16-2)11(13)7(8)6-9(14)12(15)17-3;1-13-7(6-14)5-8-9(13)3-4-10(15-2)11(8)12;1-2-4-5-3-1;/h4-6H,13H2,1-3H3;3-5,14H,6,12H2,1-2H3;1-4H2;1H4. The Hall–Kier alpha value is -3.89. The van der Waals surface area contributed by atoms with Crippen LogP contribution in [0.1, 0.15) is 36.5 Å². The Morgan fingerprint density at radius 1 is 0.895 bits per heavy atom. The summed E-state index contributed by atoms with van der Waals surface area (Å²) in [6.45, 7) is 2.01. The lowest BCUT2D eigenvalue weighted by Gasteiger charge is -2.05. The van der Waals surface area contributed by atoms with Crippen molar-refractivity contribution in [3.8, 4) is 11.5 Å². The molecule has 4 aromatic rings. The first kappa shape index (κ1) is 30.3. The van der Waals surface area contributed by atoms with E-state index < -0.39 is 0 Å². The number of ether oxygens (including phenoxy) is 4. The van der Waals surface area contributed by atoms with E-state index in [-0.39, 0.29) is 20.0 Å². The molecule has 5 rings (SSSR count). The third-order valence-electron chi connectivity index (χ3n) is 6.38. The van der Waals surface area contributed by atoms with E-state index in [2.05, 4.69) is 0 Å². The summed E-state index contributed by atoms with van der Waals surface area (Å²) in [6.07, 6.45) is 2.56. The van der Waals surface area contributed by atoms with Crippen LogP contribution in [0.2, 0.25) is 0 Å². The van der Waals surface area contributed by atoms with Gasteiger partial charge < -0.3 is 44.7 Å². The van der Waals surface area contributed by atoms with Gasteiger partial charge in [-0.15, -0.1) is 0 Å². The number of aliphatic hydroxyl groups is 1. The highest BCUT2D eigenvalue weighted by Crippen LogP contribution is 2.33. The molecule has 0 atom stereocenters. The molecule has 1 saturated heterocycles. The molecule has 10 nitrogen and oxygen atoms in total. The fourth-order valence-electron chi connectivity index (χ4n) is 4.20. The van der Waals surface area contributed by atoms with Gasteiger partial charge in [0.05, 0.1) is 50.3 Å². The largest absolute Gasteiger partial charge is 0.495 e. The normalized spacial score (nSPS) is 12.2. The van der Waals surface area contributed by atoms with Crippen LogP contribution in [0.25, 0.3) is 21.8 Å². The van der Waals surface area contributed by atoms with Gasteiger partial charge in [0.2, 0.25) is 0 Å². The molecule has 0 spiro atoms. The zero-order chi connectivity index (χ0) is 27.1. The topological polar surface area (TPSA) is 136 Å². The molecule has 5 N–H and O–H groups in total. The van der Waals surface area contributed by atoms with Crippen molar-refractivity contribution in [2.45, 2.75) is 26.9 Å². The zero-order valence-electron chi connectivity index (χ0n) is 22.0. The van der Waals surface area contributed by atoms with Crippen molar-refractivity contribution < 1.29 is 28.8 Å². The monoisotopic (exact) mass is 528 g/mol. The van der Waals surface area contributed by atoms with E-state index >= 15 is 0 Å². The number of fused-ring (bicyclic) bond motifs is 2. The number of nitrogen functional groups attached to an aromatic ring is 2. The Balaban J connectivity index is 0.000000222. The molecular weight excluding hydrogens is 488 g/mol. The van der Waals surface area contributed by atoms with Crippen molar-refractivity contribution in [1.29, 1.82) is 0 Å². The van der Waals surface area contributed by atoms with Gasteiger partial charge in [0.15, 0.2) is 0 Å².